The number of nitrogens with two attached hydrogens (primary N) is 1. The third-order valence-corrected chi connectivity index (χ3v) is 4.45. The number of pyridine rings is 1. The van der Waals surface area contributed by atoms with Crippen molar-refractivity contribution in [2.75, 3.05) is 18.4 Å². The number of unbranched alkanes of at least 4 members (excludes halogenated alkanes) is 1. The molecule has 0 spiro atoms. The summed E-state index contributed by atoms with van der Waals surface area (Å²) in [6, 6.07) is 4.13. The van der Waals surface area contributed by atoms with Crippen LogP contribution in [0.15, 0.2) is 18.3 Å². The molecule has 0 bridgehead atoms. The van der Waals surface area contributed by atoms with Crippen LogP contribution in [0.3, 0.4) is 0 Å². The molecule has 0 saturated carbocycles. The molecule has 7 heteroatoms. The van der Waals surface area contributed by atoms with Crippen LogP contribution in [-0.2, 0) is 10.2 Å². The van der Waals surface area contributed by atoms with Crippen LogP contribution in [0.2, 0.25) is 0 Å². The molecule has 0 atom stereocenters. The van der Waals surface area contributed by atoms with Crippen molar-refractivity contribution in [1.29, 1.82) is 0 Å². The van der Waals surface area contributed by atoms with E-state index in [0.717, 1.165) is 23.0 Å². The maximum atomic E-state index is 10.8. The lowest BCUT2D eigenvalue weighted by Gasteiger charge is -2.13. The van der Waals surface area contributed by atoms with Crippen molar-refractivity contribution >= 4 is 26.8 Å². The molecule has 128 valence electrons. The SMILES string of the molecule is C#Cc1cnc2cc(C)c(C)cc2c1NCCCCNS(N)(=O)=O. The molecule has 0 fully saturated rings. The molecule has 1 heterocycles. The summed E-state index contributed by atoms with van der Waals surface area (Å²) in [5.74, 6) is 2.66. The van der Waals surface area contributed by atoms with Crippen LogP contribution in [0.25, 0.3) is 10.9 Å². The molecular weight excluding hydrogens is 324 g/mol. The van der Waals surface area contributed by atoms with Gasteiger partial charge in [-0.2, -0.15) is 8.42 Å². The van der Waals surface area contributed by atoms with E-state index < -0.39 is 10.2 Å². The Labute approximate surface area is 143 Å². The molecule has 2 rings (SSSR count). The third kappa shape index (κ3) is 4.68. The summed E-state index contributed by atoms with van der Waals surface area (Å²) in [6.07, 6.45) is 8.74. The molecule has 0 aliphatic rings. The van der Waals surface area contributed by atoms with Gasteiger partial charge in [0.1, 0.15) is 0 Å². The van der Waals surface area contributed by atoms with Crippen LogP contribution in [0.1, 0.15) is 29.5 Å². The van der Waals surface area contributed by atoms with E-state index in [-0.39, 0.29) is 0 Å². The number of nitrogens with zero attached hydrogens (tertiary/aromatic N) is 1. The highest BCUT2D eigenvalue weighted by Crippen LogP contribution is 2.28. The highest BCUT2D eigenvalue weighted by molar-refractivity contribution is 7.87. The lowest BCUT2D eigenvalue weighted by molar-refractivity contribution is 0.579. The summed E-state index contributed by atoms with van der Waals surface area (Å²) in [5.41, 5.74) is 4.87. The van der Waals surface area contributed by atoms with Crippen LogP contribution in [0.4, 0.5) is 5.69 Å². The van der Waals surface area contributed by atoms with Gasteiger partial charge >= 0.3 is 0 Å². The van der Waals surface area contributed by atoms with Gasteiger partial charge in [-0.25, -0.2) is 9.86 Å². The van der Waals surface area contributed by atoms with Crippen LogP contribution < -0.4 is 15.2 Å². The Morgan fingerprint density at radius 1 is 1.21 bits per heavy atom. The lowest BCUT2D eigenvalue weighted by Crippen LogP contribution is -2.31. The topological polar surface area (TPSA) is 97.1 Å². The minimum absolute atomic E-state index is 0.317. The first-order chi connectivity index (χ1) is 11.3. The van der Waals surface area contributed by atoms with Gasteiger partial charge in [-0.15, -0.1) is 6.42 Å². The molecule has 0 unspecified atom stereocenters. The number of benzene rings is 1. The van der Waals surface area contributed by atoms with E-state index in [1.807, 2.05) is 6.07 Å². The second kappa shape index (κ2) is 7.62. The Balaban J connectivity index is 2.10. The first-order valence-electron chi connectivity index (χ1n) is 7.69. The van der Waals surface area contributed by atoms with E-state index in [4.69, 9.17) is 11.6 Å². The number of nitrogens with one attached hydrogen (secondary N) is 2. The largest absolute Gasteiger partial charge is 0.383 e. The first kappa shape index (κ1) is 18.2. The molecule has 2 aromatic rings. The first-order valence-corrected chi connectivity index (χ1v) is 9.24. The van der Waals surface area contributed by atoms with Crippen LogP contribution in [0.5, 0.6) is 0 Å². The number of aryl methyl sites for hydroxylation is 2. The minimum Gasteiger partial charge on any atom is -0.383 e. The summed E-state index contributed by atoms with van der Waals surface area (Å²) in [7, 11) is -3.62. The Hall–Kier alpha value is -2.14. The maximum absolute atomic E-state index is 10.8. The third-order valence-electron chi connectivity index (χ3n) is 3.85. The average molecular weight is 346 g/mol. The predicted molar refractivity (Wildman–Crippen MR) is 98.0 cm³/mol. The summed E-state index contributed by atoms with van der Waals surface area (Å²) >= 11 is 0. The minimum atomic E-state index is -3.62. The number of fused-ring (bicyclic) bond motifs is 1. The zero-order valence-electron chi connectivity index (χ0n) is 13.9. The molecular formula is C17H22N4O2S. The summed E-state index contributed by atoms with van der Waals surface area (Å²) in [5, 5.41) is 9.24. The Bertz CT molecular complexity index is 886. The molecule has 1 aromatic heterocycles. The van der Waals surface area contributed by atoms with Gasteiger partial charge in [-0.3, -0.25) is 4.98 Å². The number of aromatic nitrogens is 1. The predicted octanol–water partition coefficient (Wildman–Crippen LogP) is 1.82. The second-order valence-electron chi connectivity index (χ2n) is 5.72. The van der Waals surface area contributed by atoms with E-state index in [1.165, 1.54) is 11.1 Å². The fourth-order valence-corrected chi connectivity index (χ4v) is 2.86. The maximum Gasteiger partial charge on any atom is 0.274 e. The van der Waals surface area contributed by atoms with Crippen molar-refractivity contribution < 1.29 is 8.42 Å². The fraction of sp³-hybridized carbons (Fsp3) is 0.353. The molecule has 0 amide bonds. The number of anilines is 1. The number of hydrogen-bond acceptors (Lipinski definition) is 4. The molecule has 1 aromatic carbocycles. The van der Waals surface area contributed by atoms with E-state index >= 15 is 0 Å². The molecule has 0 radical (unpaired) electrons. The van der Waals surface area contributed by atoms with Gasteiger partial charge < -0.3 is 5.32 Å². The number of rotatable bonds is 7. The smallest absolute Gasteiger partial charge is 0.274 e. The number of terminal acetylenes is 1. The molecule has 0 aliphatic heterocycles. The fourth-order valence-electron chi connectivity index (χ4n) is 2.43. The highest BCUT2D eigenvalue weighted by Gasteiger charge is 2.09. The quantitative estimate of drug-likeness (QED) is 0.526. The van der Waals surface area contributed by atoms with Crippen LogP contribution in [-0.4, -0.2) is 26.5 Å². The Morgan fingerprint density at radius 3 is 2.54 bits per heavy atom. The van der Waals surface area contributed by atoms with Gasteiger partial charge in [0.15, 0.2) is 0 Å². The van der Waals surface area contributed by atoms with Gasteiger partial charge in [0.05, 0.1) is 16.8 Å². The van der Waals surface area contributed by atoms with Crippen LogP contribution >= 0.6 is 0 Å². The van der Waals surface area contributed by atoms with Crippen molar-refractivity contribution in [3.05, 3.63) is 35.0 Å². The van der Waals surface area contributed by atoms with E-state index in [9.17, 15) is 8.42 Å². The van der Waals surface area contributed by atoms with E-state index in [1.54, 1.807) is 6.20 Å². The lowest BCUT2D eigenvalue weighted by atomic mass is 10.0. The summed E-state index contributed by atoms with van der Waals surface area (Å²) in [6.45, 7) is 5.10. The molecule has 6 nitrogen and oxygen atoms in total. The normalized spacial score (nSPS) is 11.4. The number of hydrogen-bond donors (Lipinski definition) is 3. The van der Waals surface area contributed by atoms with Gasteiger partial charge in [-0.05, 0) is 49.9 Å². The monoisotopic (exact) mass is 346 g/mol. The zero-order chi connectivity index (χ0) is 17.7. The molecule has 24 heavy (non-hydrogen) atoms. The standard InChI is InChI=1S/C17H22N4O2S/c1-4-14-11-20-16-10-13(3)12(2)9-15(16)17(14)19-7-5-6-8-21-24(18,22)23/h1,9-11,21H,5-8H2,2-3H3,(H,19,20)(H2,18,22,23). The van der Waals surface area contributed by atoms with Crippen molar-refractivity contribution in [1.82, 2.24) is 9.71 Å². The van der Waals surface area contributed by atoms with Gasteiger partial charge in [0.2, 0.25) is 0 Å². The Kier molecular flexibility index (Phi) is 5.78. The zero-order valence-corrected chi connectivity index (χ0v) is 14.7. The van der Waals surface area contributed by atoms with Crippen molar-refractivity contribution in [2.45, 2.75) is 26.7 Å². The Morgan fingerprint density at radius 2 is 1.88 bits per heavy atom. The van der Waals surface area contributed by atoms with Crippen molar-refractivity contribution in [3.63, 3.8) is 0 Å². The van der Waals surface area contributed by atoms with Crippen molar-refractivity contribution in [3.8, 4) is 12.3 Å². The summed E-state index contributed by atoms with van der Waals surface area (Å²) in [4.78, 5) is 4.43. The van der Waals surface area contributed by atoms with Crippen molar-refractivity contribution in [2.24, 2.45) is 5.14 Å². The average Bonchev–Trinajstić information content (AvgIpc) is 2.51. The van der Waals surface area contributed by atoms with E-state index in [0.29, 0.717) is 25.1 Å². The highest BCUT2D eigenvalue weighted by atomic mass is 32.2. The van der Waals surface area contributed by atoms with Crippen LogP contribution in [0, 0.1) is 26.2 Å². The molecule has 0 aliphatic carbocycles. The van der Waals surface area contributed by atoms with Gasteiger partial charge in [0, 0.05) is 24.7 Å². The molecule has 4 N–H and O–H groups in total. The second-order valence-corrected chi connectivity index (χ2v) is 7.10. The summed E-state index contributed by atoms with van der Waals surface area (Å²) < 4.78 is 23.9. The van der Waals surface area contributed by atoms with Gasteiger partial charge in [-0.1, -0.05) is 5.92 Å². The van der Waals surface area contributed by atoms with E-state index in [2.05, 4.69) is 40.9 Å². The molecule has 0 saturated heterocycles. The van der Waals surface area contributed by atoms with Gasteiger partial charge in [0.25, 0.3) is 10.2 Å².